The van der Waals surface area contributed by atoms with Gasteiger partial charge in [0.2, 0.25) is 5.91 Å². The number of fused-ring (bicyclic) bond motifs is 1. The second kappa shape index (κ2) is 10.8. The summed E-state index contributed by atoms with van der Waals surface area (Å²) in [4.78, 5) is 29.7. The molecule has 1 aliphatic rings. The molecule has 0 bridgehead atoms. The number of nitrogens with two attached hydrogens (primary N) is 1. The van der Waals surface area contributed by atoms with Gasteiger partial charge < -0.3 is 15.2 Å². The summed E-state index contributed by atoms with van der Waals surface area (Å²) < 4.78 is 12.6. The first-order chi connectivity index (χ1) is 16.5. The van der Waals surface area contributed by atoms with Crippen molar-refractivity contribution in [1.82, 2.24) is 9.55 Å². The van der Waals surface area contributed by atoms with Gasteiger partial charge in [0.25, 0.3) is 5.56 Å². The molecule has 0 atom stereocenters. The molecule has 34 heavy (non-hydrogen) atoms. The van der Waals surface area contributed by atoms with Crippen LogP contribution in [0.15, 0.2) is 58.0 Å². The molecule has 0 fully saturated rings. The third-order valence-electron chi connectivity index (χ3n) is 6.07. The minimum Gasteiger partial charge on any atom is -0.493 e. The van der Waals surface area contributed by atoms with Gasteiger partial charge in [-0.05, 0) is 55.9 Å². The Morgan fingerprint density at radius 2 is 1.85 bits per heavy atom. The summed E-state index contributed by atoms with van der Waals surface area (Å²) >= 11 is 1.50. The van der Waals surface area contributed by atoms with E-state index in [4.69, 9.17) is 20.2 Å². The van der Waals surface area contributed by atoms with E-state index in [9.17, 15) is 9.59 Å². The summed E-state index contributed by atoms with van der Waals surface area (Å²) in [6, 6.07) is 10.6. The Bertz CT molecular complexity index is 1280. The molecule has 0 saturated heterocycles. The Balaban J connectivity index is 1.69. The van der Waals surface area contributed by atoms with E-state index in [1.807, 2.05) is 12.1 Å². The number of aromatic nitrogens is 2. The van der Waals surface area contributed by atoms with Crippen molar-refractivity contribution in [3.63, 3.8) is 0 Å². The van der Waals surface area contributed by atoms with Gasteiger partial charge in [0.1, 0.15) is 0 Å². The number of hydrogen-bond acceptors (Lipinski definition) is 6. The Kier molecular flexibility index (Phi) is 7.57. The molecule has 0 spiro atoms. The van der Waals surface area contributed by atoms with E-state index in [1.165, 1.54) is 30.2 Å². The fourth-order valence-electron chi connectivity index (χ4n) is 4.14. The van der Waals surface area contributed by atoms with Crippen LogP contribution in [0.3, 0.4) is 0 Å². The van der Waals surface area contributed by atoms with Gasteiger partial charge >= 0.3 is 0 Å². The number of rotatable bonds is 9. The number of nitrogens with zero attached hydrogens (tertiary/aromatic N) is 2. The van der Waals surface area contributed by atoms with Gasteiger partial charge in [-0.3, -0.25) is 14.2 Å². The number of carbonyl (C=O) groups excluding carboxylic acids is 1. The molecule has 178 valence electrons. The lowest BCUT2D eigenvalue weighted by atomic mass is 9.97. The zero-order valence-electron chi connectivity index (χ0n) is 19.5. The molecule has 0 unspecified atom stereocenters. The van der Waals surface area contributed by atoms with Gasteiger partial charge in [-0.25, -0.2) is 4.98 Å². The molecule has 4 rings (SSSR count). The molecule has 0 radical (unpaired) electrons. The summed E-state index contributed by atoms with van der Waals surface area (Å²) in [5.74, 6) is 1.19. The summed E-state index contributed by atoms with van der Waals surface area (Å²) in [5, 5.41) is 1.16. The van der Waals surface area contributed by atoms with E-state index in [-0.39, 0.29) is 5.56 Å². The number of allylic oxidation sites excluding steroid dienone is 2. The first-order valence-corrected chi connectivity index (χ1v) is 12.3. The second-order valence-electron chi connectivity index (χ2n) is 8.28. The molecule has 7 nitrogen and oxygen atoms in total. The molecule has 2 N–H and O–H groups in total. The largest absolute Gasteiger partial charge is 0.493 e. The van der Waals surface area contributed by atoms with Gasteiger partial charge in [-0.2, -0.15) is 0 Å². The maximum Gasteiger partial charge on any atom is 0.262 e. The van der Waals surface area contributed by atoms with Crippen LogP contribution in [0.2, 0.25) is 0 Å². The number of ether oxygens (including phenoxy) is 2. The first kappa shape index (κ1) is 23.9. The Morgan fingerprint density at radius 1 is 1.12 bits per heavy atom. The topological polar surface area (TPSA) is 96.4 Å². The van der Waals surface area contributed by atoms with Gasteiger partial charge in [0.15, 0.2) is 16.7 Å². The van der Waals surface area contributed by atoms with Crippen LogP contribution in [0, 0.1) is 0 Å². The van der Waals surface area contributed by atoms with Crippen LogP contribution in [-0.2, 0) is 12.3 Å². The number of hydrogen-bond donors (Lipinski definition) is 1. The maximum atomic E-state index is 13.6. The maximum absolute atomic E-state index is 13.6. The summed E-state index contributed by atoms with van der Waals surface area (Å²) in [6.45, 7) is 0.574. The van der Waals surface area contributed by atoms with E-state index in [2.05, 4.69) is 6.08 Å². The average Bonchev–Trinajstić information content (AvgIpc) is 2.87. The average molecular weight is 480 g/mol. The molecule has 1 aliphatic carbocycles. The highest BCUT2D eigenvalue weighted by Gasteiger charge is 2.16. The van der Waals surface area contributed by atoms with Crippen LogP contribution in [0.4, 0.5) is 0 Å². The summed E-state index contributed by atoms with van der Waals surface area (Å²) in [6.07, 6.45) is 7.79. The van der Waals surface area contributed by atoms with Crippen molar-refractivity contribution in [1.29, 1.82) is 0 Å². The lowest BCUT2D eigenvalue weighted by Crippen LogP contribution is -2.24. The number of benzene rings is 2. The smallest absolute Gasteiger partial charge is 0.262 e. The number of methoxy groups -OCH3 is 2. The molecule has 0 saturated carbocycles. The van der Waals surface area contributed by atoms with Crippen LogP contribution in [0.5, 0.6) is 11.5 Å². The van der Waals surface area contributed by atoms with Gasteiger partial charge in [-0.1, -0.05) is 35.5 Å². The van der Waals surface area contributed by atoms with Crippen molar-refractivity contribution >= 4 is 28.6 Å². The van der Waals surface area contributed by atoms with Gasteiger partial charge in [0.05, 0.1) is 25.1 Å². The number of primary amides is 1. The van der Waals surface area contributed by atoms with Crippen LogP contribution < -0.4 is 20.8 Å². The summed E-state index contributed by atoms with van der Waals surface area (Å²) in [7, 11) is 3.12. The first-order valence-electron chi connectivity index (χ1n) is 11.4. The van der Waals surface area contributed by atoms with Crippen LogP contribution in [-0.4, -0.2) is 29.7 Å². The number of amides is 1. The van der Waals surface area contributed by atoms with Crippen LogP contribution >= 0.6 is 11.8 Å². The van der Waals surface area contributed by atoms with E-state index in [0.29, 0.717) is 45.4 Å². The molecule has 1 heterocycles. The molecule has 0 aliphatic heterocycles. The van der Waals surface area contributed by atoms with E-state index >= 15 is 0 Å². The highest BCUT2D eigenvalue weighted by Crippen LogP contribution is 2.32. The number of carbonyl (C=O) groups is 1. The second-order valence-corrected chi connectivity index (χ2v) is 9.23. The lowest BCUT2D eigenvalue weighted by Gasteiger charge is -2.17. The highest BCUT2D eigenvalue weighted by atomic mass is 32.2. The van der Waals surface area contributed by atoms with Crippen molar-refractivity contribution in [2.45, 2.75) is 49.6 Å². The quantitative estimate of drug-likeness (QED) is 0.272. The zero-order chi connectivity index (χ0) is 24.1. The molecular weight excluding hydrogens is 450 g/mol. The van der Waals surface area contributed by atoms with Crippen molar-refractivity contribution in [2.24, 2.45) is 5.73 Å². The molecule has 3 aromatic rings. The molecular formula is C26H29N3O4S. The molecule has 2 aromatic carbocycles. The van der Waals surface area contributed by atoms with Crippen LogP contribution in [0.1, 0.15) is 48.0 Å². The molecule has 8 heteroatoms. The van der Waals surface area contributed by atoms with Gasteiger partial charge in [0, 0.05) is 23.9 Å². The minimum absolute atomic E-state index is 0.0889. The fraction of sp³-hybridized carbons (Fsp3) is 0.346. The normalized spacial score (nSPS) is 13.5. The van der Waals surface area contributed by atoms with E-state index in [1.54, 1.807) is 43.1 Å². The lowest BCUT2D eigenvalue weighted by molar-refractivity contribution is 0.100. The van der Waals surface area contributed by atoms with Gasteiger partial charge in [-0.15, -0.1) is 0 Å². The fourth-order valence-corrected chi connectivity index (χ4v) is 5.12. The van der Waals surface area contributed by atoms with E-state index in [0.717, 1.165) is 24.8 Å². The van der Waals surface area contributed by atoms with Crippen LogP contribution in [0.25, 0.3) is 10.9 Å². The summed E-state index contributed by atoms with van der Waals surface area (Å²) in [5.41, 5.74) is 8.71. The predicted octanol–water partition coefficient (Wildman–Crippen LogP) is 4.70. The van der Waals surface area contributed by atoms with Crippen molar-refractivity contribution in [3.05, 3.63) is 69.5 Å². The monoisotopic (exact) mass is 479 g/mol. The SMILES string of the molecule is COc1cc2nc(SCc3ccc(C(N)=O)cc3)n(CCC3=CCCCC3)c(=O)c2cc1OC. The van der Waals surface area contributed by atoms with Crippen molar-refractivity contribution in [2.75, 3.05) is 14.2 Å². The molecule has 1 aromatic heterocycles. The third kappa shape index (κ3) is 5.28. The third-order valence-corrected chi connectivity index (χ3v) is 7.12. The van der Waals surface area contributed by atoms with Crippen molar-refractivity contribution < 1.29 is 14.3 Å². The Labute approximate surface area is 203 Å². The Hall–Kier alpha value is -3.26. The predicted molar refractivity (Wildman–Crippen MR) is 135 cm³/mol. The highest BCUT2D eigenvalue weighted by molar-refractivity contribution is 7.98. The number of thioether (sulfide) groups is 1. The zero-order valence-corrected chi connectivity index (χ0v) is 20.3. The van der Waals surface area contributed by atoms with E-state index < -0.39 is 5.91 Å². The standard InChI is InChI=1S/C26H29N3O4S/c1-32-22-14-20-21(15-23(22)33-2)28-26(34-16-18-8-10-19(11-9-18)24(27)30)29(25(20)31)13-12-17-6-4-3-5-7-17/h6,8-11,14-15H,3-5,7,12-13,16H2,1-2H3,(H2,27,30). The minimum atomic E-state index is -0.453. The molecule has 1 amide bonds. The van der Waals surface area contributed by atoms with Crippen molar-refractivity contribution in [3.8, 4) is 11.5 Å². The Morgan fingerprint density at radius 3 is 2.50 bits per heavy atom.